The lowest BCUT2D eigenvalue weighted by molar-refractivity contribution is -0.00552. The van der Waals surface area contributed by atoms with E-state index >= 15 is 0 Å². The molecule has 0 saturated carbocycles. The number of carbonyl (C=O) groups excluding carboxylic acids is 1. The Hall–Kier alpha value is -1.70. The first-order valence-corrected chi connectivity index (χ1v) is 6.68. The molecule has 1 aliphatic rings. The average molecular weight is 280 g/mol. The van der Waals surface area contributed by atoms with Gasteiger partial charge in [-0.05, 0) is 18.9 Å². The molecule has 1 aliphatic heterocycles. The number of aromatic nitrogens is 1. The maximum Gasteiger partial charge on any atom is 0.256 e. The third-order valence-corrected chi connectivity index (χ3v) is 3.38. The predicted octanol–water partition coefficient (Wildman–Crippen LogP) is -0.0193. The fraction of sp³-hybridized carbons (Fsp3) is 0.538. The number of rotatable bonds is 5. The Bertz CT molecular complexity index is 447. The molecular weight excluding hydrogens is 260 g/mol. The largest absolute Gasteiger partial charge is 0.394 e. The van der Waals surface area contributed by atoms with E-state index in [1.54, 1.807) is 17.2 Å². The van der Waals surface area contributed by atoms with Gasteiger partial charge in [-0.25, -0.2) is 0 Å². The van der Waals surface area contributed by atoms with E-state index in [0.29, 0.717) is 30.9 Å². The molecule has 1 aromatic heterocycles. The van der Waals surface area contributed by atoms with Crippen molar-refractivity contribution in [3.05, 3.63) is 24.0 Å². The van der Waals surface area contributed by atoms with Gasteiger partial charge in [0.1, 0.15) is 0 Å². The van der Waals surface area contributed by atoms with Crippen molar-refractivity contribution in [1.29, 1.82) is 0 Å². The van der Waals surface area contributed by atoms with E-state index in [9.17, 15) is 4.79 Å². The molecule has 7 heteroatoms. The zero-order valence-corrected chi connectivity index (χ0v) is 11.3. The number of hydrogen-bond acceptors (Lipinski definition) is 6. The number of anilines is 1. The van der Waals surface area contributed by atoms with Crippen LogP contribution in [0.5, 0.6) is 0 Å². The number of aliphatic hydroxyl groups excluding tert-OH is 1. The van der Waals surface area contributed by atoms with Crippen LogP contribution in [0.4, 0.5) is 5.69 Å². The van der Waals surface area contributed by atoms with Crippen LogP contribution in [0.25, 0.3) is 0 Å². The number of nitrogens with two attached hydrogens (primary N) is 1. The summed E-state index contributed by atoms with van der Waals surface area (Å²) in [6.45, 7) is 1.66. The maximum absolute atomic E-state index is 12.4. The predicted molar refractivity (Wildman–Crippen MR) is 74.0 cm³/mol. The SMILES string of the molecule is NNc1cnccc1C(=O)N1CCC(OCCO)CC1. The lowest BCUT2D eigenvalue weighted by Gasteiger charge is -2.32. The minimum absolute atomic E-state index is 0.0295. The number of nitrogen functional groups attached to an aromatic ring is 1. The van der Waals surface area contributed by atoms with Crippen molar-refractivity contribution >= 4 is 11.6 Å². The Balaban J connectivity index is 1.94. The number of nitrogens with zero attached hydrogens (tertiary/aromatic N) is 2. The van der Waals surface area contributed by atoms with Gasteiger partial charge in [-0.1, -0.05) is 0 Å². The molecule has 0 bridgehead atoms. The minimum atomic E-state index is -0.0547. The molecule has 2 heterocycles. The average Bonchev–Trinajstić information content (AvgIpc) is 2.52. The second-order valence-corrected chi connectivity index (χ2v) is 4.65. The molecule has 110 valence electrons. The molecule has 1 saturated heterocycles. The van der Waals surface area contributed by atoms with E-state index in [1.165, 1.54) is 6.20 Å². The lowest BCUT2D eigenvalue weighted by Crippen LogP contribution is -2.41. The second-order valence-electron chi connectivity index (χ2n) is 4.65. The summed E-state index contributed by atoms with van der Waals surface area (Å²) in [5.74, 6) is 5.34. The van der Waals surface area contributed by atoms with Crippen molar-refractivity contribution in [2.24, 2.45) is 5.84 Å². The fourth-order valence-electron chi connectivity index (χ4n) is 2.31. The van der Waals surface area contributed by atoms with E-state index in [0.717, 1.165) is 12.8 Å². The molecule has 0 aliphatic carbocycles. The number of piperidine rings is 1. The number of amides is 1. The van der Waals surface area contributed by atoms with Gasteiger partial charge in [-0.3, -0.25) is 15.6 Å². The second kappa shape index (κ2) is 7.18. The topological polar surface area (TPSA) is 101 Å². The first kappa shape index (κ1) is 14.7. The Morgan fingerprint density at radius 2 is 2.30 bits per heavy atom. The molecule has 0 atom stereocenters. The number of ether oxygens (including phenoxy) is 1. The molecule has 4 N–H and O–H groups in total. The molecule has 1 amide bonds. The summed E-state index contributed by atoms with van der Waals surface area (Å²) < 4.78 is 5.48. The standard InChI is InChI=1S/C13H20N4O3/c14-16-12-9-15-4-1-11(12)13(19)17-5-2-10(3-6-17)20-8-7-18/h1,4,9-10,16,18H,2-3,5-8,14H2. The molecule has 20 heavy (non-hydrogen) atoms. The minimum Gasteiger partial charge on any atom is -0.394 e. The number of aliphatic hydroxyl groups is 1. The van der Waals surface area contributed by atoms with Gasteiger partial charge in [0.2, 0.25) is 0 Å². The van der Waals surface area contributed by atoms with E-state index < -0.39 is 0 Å². The Kier molecular flexibility index (Phi) is 5.28. The summed E-state index contributed by atoms with van der Waals surface area (Å²) in [7, 11) is 0. The molecule has 7 nitrogen and oxygen atoms in total. The highest BCUT2D eigenvalue weighted by molar-refractivity contribution is 5.99. The van der Waals surface area contributed by atoms with E-state index in [1.807, 2.05) is 0 Å². The van der Waals surface area contributed by atoms with Crippen molar-refractivity contribution in [3.63, 3.8) is 0 Å². The van der Waals surface area contributed by atoms with Gasteiger partial charge in [0.15, 0.2) is 0 Å². The molecule has 0 aromatic carbocycles. The van der Waals surface area contributed by atoms with Crippen LogP contribution in [-0.4, -0.2) is 53.3 Å². The Morgan fingerprint density at radius 3 is 2.95 bits per heavy atom. The number of likely N-dealkylation sites (tertiary alicyclic amines) is 1. The maximum atomic E-state index is 12.4. The van der Waals surface area contributed by atoms with Crippen LogP contribution in [0.2, 0.25) is 0 Å². The molecule has 1 aromatic rings. The smallest absolute Gasteiger partial charge is 0.256 e. The summed E-state index contributed by atoms with van der Waals surface area (Å²) in [5, 5.41) is 8.73. The van der Waals surface area contributed by atoms with Crippen LogP contribution >= 0.6 is 0 Å². The highest BCUT2D eigenvalue weighted by atomic mass is 16.5. The molecule has 0 spiro atoms. The Labute approximate surface area is 117 Å². The van der Waals surface area contributed by atoms with Gasteiger partial charge in [0.05, 0.1) is 36.8 Å². The third-order valence-electron chi connectivity index (χ3n) is 3.38. The number of carbonyl (C=O) groups is 1. The van der Waals surface area contributed by atoms with Gasteiger partial charge in [0, 0.05) is 19.3 Å². The first-order valence-electron chi connectivity index (χ1n) is 6.68. The quantitative estimate of drug-likeness (QED) is 0.518. The van der Waals surface area contributed by atoms with Crippen LogP contribution in [-0.2, 0) is 4.74 Å². The first-order chi connectivity index (χ1) is 9.76. The monoisotopic (exact) mass is 280 g/mol. The number of hydrogen-bond donors (Lipinski definition) is 3. The van der Waals surface area contributed by atoms with Gasteiger partial charge >= 0.3 is 0 Å². The molecule has 2 rings (SSSR count). The highest BCUT2D eigenvalue weighted by Crippen LogP contribution is 2.19. The number of pyridine rings is 1. The van der Waals surface area contributed by atoms with Crippen LogP contribution in [0.1, 0.15) is 23.2 Å². The van der Waals surface area contributed by atoms with Gasteiger partial charge in [-0.2, -0.15) is 0 Å². The van der Waals surface area contributed by atoms with Crippen molar-refractivity contribution in [2.45, 2.75) is 18.9 Å². The fourth-order valence-corrected chi connectivity index (χ4v) is 2.31. The van der Waals surface area contributed by atoms with Crippen LogP contribution < -0.4 is 11.3 Å². The normalized spacial score (nSPS) is 16.2. The zero-order chi connectivity index (χ0) is 14.4. The van der Waals surface area contributed by atoms with Crippen LogP contribution in [0, 0.1) is 0 Å². The van der Waals surface area contributed by atoms with Crippen molar-refractivity contribution in [3.8, 4) is 0 Å². The summed E-state index contributed by atoms with van der Waals surface area (Å²) >= 11 is 0. The zero-order valence-electron chi connectivity index (χ0n) is 11.3. The summed E-state index contributed by atoms with van der Waals surface area (Å²) in [5.41, 5.74) is 3.54. The Morgan fingerprint density at radius 1 is 1.55 bits per heavy atom. The van der Waals surface area contributed by atoms with E-state index in [2.05, 4.69) is 10.4 Å². The summed E-state index contributed by atoms with van der Waals surface area (Å²) in [6.07, 6.45) is 4.79. The third kappa shape index (κ3) is 3.44. The van der Waals surface area contributed by atoms with Gasteiger partial charge < -0.3 is 20.2 Å². The van der Waals surface area contributed by atoms with Crippen molar-refractivity contribution in [2.75, 3.05) is 31.7 Å². The van der Waals surface area contributed by atoms with Gasteiger partial charge in [-0.15, -0.1) is 0 Å². The van der Waals surface area contributed by atoms with Crippen LogP contribution in [0.3, 0.4) is 0 Å². The molecule has 0 unspecified atom stereocenters. The lowest BCUT2D eigenvalue weighted by atomic mass is 10.1. The van der Waals surface area contributed by atoms with Crippen molar-refractivity contribution < 1.29 is 14.6 Å². The molecule has 1 fully saturated rings. The van der Waals surface area contributed by atoms with Crippen molar-refractivity contribution in [1.82, 2.24) is 9.88 Å². The van der Waals surface area contributed by atoms with Gasteiger partial charge in [0.25, 0.3) is 5.91 Å². The molecular formula is C13H20N4O3. The number of hydrazine groups is 1. The summed E-state index contributed by atoms with van der Waals surface area (Å²) in [6, 6.07) is 1.66. The summed E-state index contributed by atoms with van der Waals surface area (Å²) in [4.78, 5) is 18.1. The number of nitrogens with one attached hydrogen (secondary N) is 1. The highest BCUT2D eigenvalue weighted by Gasteiger charge is 2.25. The van der Waals surface area contributed by atoms with E-state index in [-0.39, 0.29) is 18.6 Å². The molecule has 0 radical (unpaired) electrons. The van der Waals surface area contributed by atoms with Crippen LogP contribution in [0.15, 0.2) is 18.5 Å². The van der Waals surface area contributed by atoms with E-state index in [4.69, 9.17) is 15.7 Å².